The second-order valence-corrected chi connectivity index (χ2v) is 6.37. The average Bonchev–Trinajstić information content (AvgIpc) is 2.64. The first kappa shape index (κ1) is 25.8. The third kappa shape index (κ3) is 10.0. The molecule has 0 spiro atoms. The molecule has 0 amide bonds. The number of nitrogens with zero attached hydrogens (tertiary/aromatic N) is 2. The van der Waals surface area contributed by atoms with E-state index in [9.17, 15) is 0 Å². The number of nitrogens with one attached hydrogen (secondary N) is 1. The molecule has 0 aromatic heterocycles. The summed E-state index contributed by atoms with van der Waals surface area (Å²) in [6.07, 6.45) is 2.10. The molecule has 7 heteroatoms. The molecule has 0 bridgehead atoms. The molecular weight excluding hydrogens is 457 g/mol. The number of benzene rings is 1. The first-order chi connectivity index (χ1) is 12.5. The minimum Gasteiger partial charge on any atom is -0.493 e. The fourth-order valence-electron chi connectivity index (χ4n) is 2.48. The van der Waals surface area contributed by atoms with Gasteiger partial charge in [0.25, 0.3) is 0 Å². The van der Waals surface area contributed by atoms with Gasteiger partial charge in [0.2, 0.25) is 0 Å². The van der Waals surface area contributed by atoms with Crippen LogP contribution >= 0.6 is 24.0 Å². The summed E-state index contributed by atoms with van der Waals surface area (Å²) in [6, 6.07) is 6.05. The smallest absolute Gasteiger partial charge is 0.193 e. The van der Waals surface area contributed by atoms with Gasteiger partial charge in [-0.05, 0) is 51.3 Å². The molecule has 0 saturated carbocycles. The molecule has 6 nitrogen and oxygen atoms in total. The molecule has 1 aromatic rings. The largest absolute Gasteiger partial charge is 0.493 e. The maximum absolute atomic E-state index is 5.56. The molecule has 27 heavy (non-hydrogen) atoms. The minimum atomic E-state index is 0. The second-order valence-electron chi connectivity index (χ2n) is 6.37. The van der Waals surface area contributed by atoms with E-state index in [2.05, 4.69) is 44.1 Å². The van der Waals surface area contributed by atoms with E-state index in [1.54, 1.807) is 14.2 Å². The quantitative estimate of drug-likeness (QED) is 0.221. The number of rotatable bonds is 11. The zero-order valence-corrected chi connectivity index (χ0v) is 19.9. The summed E-state index contributed by atoms with van der Waals surface area (Å²) in [5.74, 6) is 2.44. The average molecular weight is 493 g/mol. The number of ether oxygens (including phenoxy) is 3. The van der Waals surface area contributed by atoms with Gasteiger partial charge in [0.05, 0.1) is 20.3 Å². The maximum Gasteiger partial charge on any atom is 0.193 e. The Morgan fingerprint density at radius 2 is 1.89 bits per heavy atom. The summed E-state index contributed by atoms with van der Waals surface area (Å²) < 4.78 is 16.2. The predicted molar refractivity (Wildman–Crippen MR) is 123 cm³/mol. The summed E-state index contributed by atoms with van der Waals surface area (Å²) >= 11 is 0. The van der Waals surface area contributed by atoms with Gasteiger partial charge in [0.15, 0.2) is 17.5 Å². The minimum absolute atomic E-state index is 0. The van der Waals surface area contributed by atoms with Crippen LogP contribution in [0.2, 0.25) is 0 Å². The van der Waals surface area contributed by atoms with Gasteiger partial charge in [-0.25, -0.2) is 0 Å². The summed E-state index contributed by atoms with van der Waals surface area (Å²) in [5.41, 5.74) is 1.20. The van der Waals surface area contributed by atoms with Gasteiger partial charge >= 0.3 is 0 Å². The van der Waals surface area contributed by atoms with Crippen molar-refractivity contribution in [2.24, 2.45) is 4.99 Å². The van der Waals surface area contributed by atoms with Gasteiger partial charge in [-0.1, -0.05) is 6.07 Å². The normalized spacial score (nSPS) is 11.1. The number of methoxy groups -OCH3 is 2. The van der Waals surface area contributed by atoms with Gasteiger partial charge in [-0.15, -0.1) is 24.0 Å². The Morgan fingerprint density at radius 1 is 1.19 bits per heavy atom. The van der Waals surface area contributed by atoms with E-state index >= 15 is 0 Å². The van der Waals surface area contributed by atoms with E-state index in [0.717, 1.165) is 56.5 Å². The van der Waals surface area contributed by atoms with Crippen LogP contribution in [0, 0.1) is 0 Å². The van der Waals surface area contributed by atoms with Crippen molar-refractivity contribution in [3.05, 3.63) is 23.8 Å². The highest BCUT2D eigenvalue weighted by Gasteiger charge is 2.08. The maximum atomic E-state index is 5.56. The Kier molecular flexibility index (Phi) is 14.1. The molecule has 0 radical (unpaired) electrons. The predicted octanol–water partition coefficient (Wildman–Crippen LogP) is 3.58. The lowest BCUT2D eigenvalue weighted by atomic mass is 10.1. The van der Waals surface area contributed by atoms with Gasteiger partial charge in [0.1, 0.15) is 0 Å². The number of guanidine groups is 1. The van der Waals surface area contributed by atoms with Gasteiger partial charge in [0, 0.05) is 33.3 Å². The van der Waals surface area contributed by atoms with Gasteiger partial charge in [-0.2, -0.15) is 0 Å². The SMILES string of the molecule is CCNC(=NCCCOC(C)C)N(C)CCc1ccc(OC)c(OC)c1.I. The van der Waals surface area contributed by atoms with Gasteiger partial charge in [-0.3, -0.25) is 4.99 Å². The molecule has 0 aliphatic carbocycles. The van der Waals surface area contributed by atoms with Crippen LogP contribution in [-0.2, 0) is 11.2 Å². The Morgan fingerprint density at radius 3 is 2.48 bits per heavy atom. The van der Waals surface area contributed by atoms with Crippen molar-refractivity contribution in [1.82, 2.24) is 10.2 Å². The second kappa shape index (κ2) is 14.8. The number of hydrogen-bond acceptors (Lipinski definition) is 4. The van der Waals surface area contributed by atoms with E-state index in [1.165, 1.54) is 5.56 Å². The van der Waals surface area contributed by atoms with Crippen molar-refractivity contribution in [3.63, 3.8) is 0 Å². The van der Waals surface area contributed by atoms with Crippen LogP contribution in [0.3, 0.4) is 0 Å². The van der Waals surface area contributed by atoms with E-state index in [4.69, 9.17) is 19.2 Å². The number of likely N-dealkylation sites (N-methyl/N-ethyl adjacent to an activating group) is 1. The zero-order valence-electron chi connectivity index (χ0n) is 17.6. The van der Waals surface area contributed by atoms with Crippen molar-refractivity contribution >= 4 is 29.9 Å². The Bertz CT molecular complexity index is 553. The summed E-state index contributed by atoms with van der Waals surface area (Å²) in [7, 11) is 5.37. The lowest BCUT2D eigenvalue weighted by Crippen LogP contribution is -2.40. The Hall–Kier alpha value is -1.22. The molecule has 1 rings (SSSR count). The third-order valence-electron chi connectivity index (χ3n) is 3.90. The van der Waals surface area contributed by atoms with Crippen LogP contribution in [0.15, 0.2) is 23.2 Å². The Balaban J connectivity index is 0.00000676. The molecule has 0 aliphatic rings. The molecule has 0 unspecified atom stereocenters. The van der Waals surface area contributed by atoms with Crippen molar-refractivity contribution in [2.75, 3.05) is 47.5 Å². The van der Waals surface area contributed by atoms with Crippen molar-refractivity contribution in [2.45, 2.75) is 39.7 Å². The zero-order chi connectivity index (χ0) is 19.4. The number of aliphatic imine (C=N–C) groups is 1. The summed E-state index contributed by atoms with van der Waals surface area (Å²) in [5, 5.41) is 3.35. The topological polar surface area (TPSA) is 55.3 Å². The van der Waals surface area contributed by atoms with Crippen molar-refractivity contribution in [3.8, 4) is 11.5 Å². The lowest BCUT2D eigenvalue weighted by molar-refractivity contribution is 0.0782. The molecule has 0 fully saturated rings. The molecule has 156 valence electrons. The standard InChI is InChI=1S/C20H35N3O3.HI/c1-7-21-20(22-12-8-14-26-16(2)3)23(4)13-11-17-9-10-18(24-5)19(15-17)25-6;/h9-10,15-16H,7-8,11-14H2,1-6H3,(H,21,22);1H. The fourth-order valence-corrected chi connectivity index (χ4v) is 2.48. The molecule has 1 N–H and O–H groups in total. The molecule has 0 heterocycles. The van der Waals surface area contributed by atoms with Crippen molar-refractivity contribution < 1.29 is 14.2 Å². The number of halogens is 1. The van der Waals surface area contributed by atoms with Crippen molar-refractivity contribution in [1.29, 1.82) is 0 Å². The third-order valence-corrected chi connectivity index (χ3v) is 3.90. The molecule has 0 aliphatic heterocycles. The van der Waals surface area contributed by atoms with Crippen LogP contribution < -0.4 is 14.8 Å². The molecule has 0 atom stereocenters. The lowest BCUT2D eigenvalue weighted by Gasteiger charge is -2.22. The van der Waals surface area contributed by atoms with Gasteiger partial charge < -0.3 is 24.4 Å². The summed E-state index contributed by atoms with van der Waals surface area (Å²) in [4.78, 5) is 6.85. The first-order valence-electron chi connectivity index (χ1n) is 9.33. The van der Waals surface area contributed by atoms with E-state index in [1.807, 2.05) is 12.1 Å². The van der Waals surface area contributed by atoms with E-state index < -0.39 is 0 Å². The highest BCUT2D eigenvalue weighted by atomic mass is 127. The van der Waals surface area contributed by atoms with E-state index in [-0.39, 0.29) is 30.1 Å². The van der Waals surface area contributed by atoms with E-state index in [0.29, 0.717) is 0 Å². The van der Waals surface area contributed by atoms with Crippen LogP contribution in [0.5, 0.6) is 11.5 Å². The summed E-state index contributed by atoms with van der Waals surface area (Å²) in [6.45, 7) is 9.40. The van der Waals surface area contributed by atoms with Crippen LogP contribution in [0.25, 0.3) is 0 Å². The first-order valence-corrected chi connectivity index (χ1v) is 9.33. The molecular formula is C20H36IN3O3. The molecule has 1 aromatic carbocycles. The Labute approximate surface area is 181 Å². The molecule has 0 saturated heterocycles. The highest BCUT2D eigenvalue weighted by molar-refractivity contribution is 14.0. The fraction of sp³-hybridized carbons (Fsp3) is 0.650. The number of hydrogen-bond donors (Lipinski definition) is 1. The van der Waals surface area contributed by atoms with Crippen LogP contribution in [0.4, 0.5) is 0 Å². The monoisotopic (exact) mass is 493 g/mol. The van der Waals surface area contributed by atoms with Crippen LogP contribution in [-0.4, -0.2) is 64.5 Å². The van der Waals surface area contributed by atoms with Crippen LogP contribution in [0.1, 0.15) is 32.8 Å². The highest BCUT2D eigenvalue weighted by Crippen LogP contribution is 2.27.